The molecule has 0 amide bonds. The van der Waals surface area contributed by atoms with Gasteiger partial charge >= 0.3 is 0 Å². The number of anilines is 1. The number of hydrogen-bond donors (Lipinski definition) is 1. The van der Waals surface area contributed by atoms with Crippen molar-refractivity contribution in [3.05, 3.63) is 28.2 Å². The molecule has 2 nitrogen and oxygen atoms in total. The van der Waals surface area contributed by atoms with E-state index in [1.165, 1.54) is 43.6 Å². The van der Waals surface area contributed by atoms with E-state index in [4.69, 9.17) is 5.73 Å². The minimum Gasteiger partial charge on any atom is -0.371 e. The Bertz CT molecular complexity index is 452. The first-order chi connectivity index (χ1) is 9.49. The molecule has 0 saturated carbocycles. The molecule has 0 radical (unpaired) electrons. The smallest absolute Gasteiger partial charge is 0.0400 e. The molecule has 3 heteroatoms. The molecule has 1 aliphatic heterocycles. The fourth-order valence-corrected chi connectivity index (χ4v) is 3.75. The maximum Gasteiger partial charge on any atom is 0.0400 e. The quantitative estimate of drug-likeness (QED) is 0.864. The van der Waals surface area contributed by atoms with E-state index in [0.717, 1.165) is 10.9 Å². The Morgan fingerprint density at radius 3 is 2.60 bits per heavy atom. The van der Waals surface area contributed by atoms with Crippen LogP contribution >= 0.6 is 15.9 Å². The van der Waals surface area contributed by atoms with Crippen molar-refractivity contribution in [2.75, 3.05) is 18.0 Å². The zero-order chi connectivity index (χ0) is 14.8. The van der Waals surface area contributed by atoms with Gasteiger partial charge in [-0.15, -0.1) is 0 Å². The van der Waals surface area contributed by atoms with Gasteiger partial charge in [0.05, 0.1) is 0 Å². The first-order valence-corrected chi connectivity index (χ1v) is 8.58. The lowest BCUT2D eigenvalue weighted by atomic mass is 9.82. The van der Waals surface area contributed by atoms with Crippen molar-refractivity contribution in [3.63, 3.8) is 0 Å². The summed E-state index contributed by atoms with van der Waals surface area (Å²) in [6.45, 7) is 9.11. The summed E-state index contributed by atoms with van der Waals surface area (Å²) in [5.41, 5.74) is 9.28. The van der Waals surface area contributed by atoms with Gasteiger partial charge in [-0.1, -0.05) is 29.8 Å². The molecule has 112 valence electrons. The summed E-state index contributed by atoms with van der Waals surface area (Å²) in [5.74, 6) is 0. The third-order valence-corrected chi connectivity index (χ3v) is 5.36. The fourth-order valence-electron chi connectivity index (χ4n) is 3.34. The Morgan fingerprint density at radius 1 is 1.35 bits per heavy atom. The first-order valence-electron chi connectivity index (χ1n) is 7.78. The minimum absolute atomic E-state index is 0.202. The van der Waals surface area contributed by atoms with Gasteiger partial charge in [-0.3, -0.25) is 0 Å². The SMILES string of the molecule is CCC1(CC)CCN(c2ccc(Br)cc2CC(C)N)C1. The van der Waals surface area contributed by atoms with Gasteiger partial charge in [-0.2, -0.15) is 0 Å². The molecular formula is C17H27BrN2. The fraction of sp³-hybridized carbons (Fsp3) is 0.647. The van der Waals surface area contributed by atoms with E-state index in [1.807, 2.05) is 0 Å². The normalized spacial score (nSPS) is 19.4. The van der Waals surface area contributed by atoms with E-state index >= 15 is 0 Å². The van der Waals surface area contributed by atoms with Crippen LogP contribution < -0.4 is 10.6 Å². The summed E-state index contributed by atoms with van der Waals surface area (Å²) < 4.78 is 1.15. The molecule has 2 N–H and O–H groups in total. The highest BCUT2D eigenvalue weighted by Gasteiger charge is 2.35. The highest BCUT2D eigenvalue weighted by Crippen LogP contribution is 2.40. The molecule has 1 atom stereocenters. The van der Waals surface area contributed by atoms with Crippen molar-refractivity contribution >= 4 is 21.6 Å². The standard InChI is InChI=1S/C17H27BrN2/c1-4-17(5-2)8-9-20(12-17)16-7-6-15(18)11-14(16)10-13(3)19/h6-7,11,13H,4-5,8-10,12,19H2,1-3H3. The molecule has 1 heterocycles. The largest absolute Gasteiger partial charge is 0.371 e. The van der Waals surface area contributed by atoms with Crippen LogP contribution in [0.2, 0.25) is 0 Å². The van der Waals surface area contributed by atoms with Gasteiger partial charge < -0.3 is 10.6 Å². The molecule has 0 bridgehead atoms. The number of rotatable bonds is 5. The molecule has 1 aromatic rings. The zero-order valence-corrected chi connectivity index (χ0v) is 14.5. The van der Waals surface area contributed by atoms with Gasteiger partial charge in [0, 0.05) is 29.3 Å². The second kappa shape index (κ2) is 6.48. The summed E-state index contributed by atoms with van der Waals surface area (Å²) in [4.78, 5) is 2.57. The summed E-state index contributed by atoms with van der Waals surface area (Å²) in [5, 5.41) is 0. The number of benzene rings is 1. The average Bonchev–Trinajstić information content (AvgIpc) is 2.83. The summed E-state index contributed by atoms with van der Waals surface area (Å²) in [7, 11) is 0. The first kappa shape index (κ1) is 15.8. The van der Waals surface area contributed by atoms with Crippen LogP contribution in [0.5, 0.6) is 0 Å². The van der Waals surface area contributed by atoms with Gasteiger partial charge in [-0.25, -0.2) is 0 Å². The second-order valence-electron chi connectivity index (χ2n) is 6.33. The molecule has 1 saturated heterocycles. The van der Waals surface area contributed by atoms with Crippen LogP contribution in [0.3, 0.4) is 0 Å². The van der Waals surface area contributed by atoms with E-state index in [2.05, 4.69) is 59.8 Å². The maximum absolute atomic E-state index is 6.01. The lowest BCUT2D eigenvalue weighted by molar-refractivity contribution is 0.301. The summed E-state index contributed by atoms with van der Waals surface area (Å²) in [6, 6.07) is 6.84. The van der Waals surface area contributed by atoms with Crippen LogP contribution in [0.4, 0.5) is 5.69 Å². The zero-order valence-electron chi connectivity index (χ0n) is 13.0. The van der Waals surface area contributed by atoms with Crippen LogP contribution in [0, 0.1) is 5.41 Å². The molecular weight excluding hydrogens is 312 g/mol. The maximum atomic E-state index is 6.01. The van der Waals surface area contributed by atoms with Crippen molar-refractivity contribution in [3.8, 4) is 0 Å². The molecule has 0 aliphatic carbocycles. The van der Waals surface area contributed by atoms with E-state index in [0.29, 0.717) is 5.41 Å². The average molecular weight is 339 g/mol. The number of halogens is 1. The van der Waals surface area contributed by atoms with Gasteiger partial charge in [-0.05, 0) is 61.8 Å². The monoisotopic (exact) mass is 338 g/mol. The van der Waals surface area contributed by atoms with Gasteiger partial charge in [0.25, 0.3) is 0 Å². The molecule has 1 aliphatic rings. The highest BCUT2D eigenvalue weighted by molar-refractivity contribution is 9.10. The Balaban J connectivity index is 2.25. The Morgan fingerprint density at radius 2 is 2.05 bits per heavy atom. The highest BCUT2D eigenvalue weighted by atomic mass is 79.9. The van der Waals surface area contributed by atoms with Gasteiger partial charge in [0.1, 0.15) is 0 Å². The van der Waals surface area contributed by atoms with Crippen LogP contribution in [0.1, 0.15) is 45.6 Å². The van der Waals surface area contributed by atoms with Crippen molar-refractivity contribution in [2.45, 2.75) is 52.5 Å². The lowest BCUT2D eigenvalue weighted by Gasteiger charge is -2.28. The lowest BCUT2D eigenvalue weighted by Crippen LogP contribution is -2.27. The predicted octanol–water partition coefficient (Wildman–Crippen LogP) is 4.36. The van der Waals surface area contributed by atoms with Crippen LogP contribution in [0.25, 0.3) is 0 Å². The topological polar surface area (TPSA) is 29.3 Å². The Hall–Kier alpha value is -0.540. The van der Waals surface area contributed by atoms with Gasteiger partial charge in [0.2, 0.25) is 0 Å². The predicted molar refractivity (Wildman–Crippen MR) is 91.3 cm³/mol. The minimum atomic E-state index is 0.202. The second-order valence-corrected chi connectivity index (χ2v) is 7.25. The summed E-state index contributed by atoms with van der Waals surface area (Å²) in [6.07, 6.45) is 4.81. The Kier molecular flexibility index (Phi) is 5.14. The molecule has 0 spiro atoms. The van der Waals surface area contributed by atoms with Crippen LogP contribution in [-0.2, 0) is 6.42 Å². The van der Waals surface area contributed by atoms with E-state index in [9.17, 15) is 0 Å². The molecule has 2 rings (SSSR count). The van der Waals surface area contributed by atoms with E-state index in [-0.39, 0.29) is 6.04 Å². The summed E-state index contributed by atoms with van der Waals surface area (Å²) >= 11 is 3.59. The molecule has 1 unspecified atom stereocenters. The number of nitrogens with two attached hydrogens (primary N) is 1. The van der Waals surface area contributed by atoms with Crippen molar-refractivity contribution in [2.24, 2.45) is 11.1 Å². The number of hydrogen-bond acceptors (Lipinski definition) is 2. The molecule has 1 fully saturated rings. The van der Waals surface area contributed by atoms with E-state index < -0.39 is 0 Å². The van der Waals surface area contributed by atoms with Gasteiger partial charge in [0.15, 0.2) is 0 Å². The Labute approximate surface area is 131 Å². The van der Waals surface area contributed by atoms with Crippen molar-refractivity contribution in [1.29, 1.82) is 0 Å². The third-order valence-electron chi connectivity index (χ3n) is 4.86. The third kappa shape index (κ3) is 3.37. The molecule has 20 heavy (non-hydrogen) atoms. The molecule has 0 aromatic heterocycles. The molecule has 1 aromatic carbocycles. The van der Waals surface area contributed by atoms with Crippen LogP contribution in [0.15, 0.2) is 22.7 Å². The van der Waals surface area contributed by atoms with Crippen molar-refractivity contribution < 1.29 is 0 Å². The van der Waals surface area contributed by atoms with Crippen molar-refractivity contribution in [1.82, 2.24) is 0 Å². The number of nitrogens with zero attached hydrogens (tertiary/aromatic N) is 1. The van der Waals surface area contributed by atoms with E-state index in [1.54, 1.807) is 0 Å². The van der Waals surface area contributed by atoms with Crippen LogP contribution in [-0.4, -0.2) is 19.1 Å².